The number of aromatic nitrogens is 4. The Balaban J connectivity index is 2.06. The molecule has 1 aliphatic carbocycles. The van der Waals surface area contributed by atoms with Gasteiger partial charge in [-0.1, -0.05) is 62.0 Å². The van der Waals surface area contributed by atoms with Gasteiger partial charge in [-0.3, -0.25) is 4.79 Å². The average Bonchev–Trinajstić information content (AvgIpc) is 2.96. The van der Waals surface area contributed by atoms with Gasteiger partial charge in [0, 0.05) is 23.8 Å². The molecule has 0 spiro atoms. The van der Waals surface area contributed by atoms with E-state index in [-0.39, 0.29) is 11.0 Å². The lowest BCUT2D eigenvalue weighted by molar-refractivity contribution is 0.439. The fourth-order valence-electron chi connectivity index (χ4n) is 3.85. The van der Waals surface area contributed by atoms with Crippen molar-refractivity contribution in [2.24, 2.45) is 7.05 Å². The highest BCUT2D eigenvalue weighted by atomic mass is 32.2. The van der Waals surface area contributed by atoms with Gasteiger partial charge in [0.25, 0.3) is 5.56 Å². The molecule has 0 saturated carbocycles. The van der Waals surface area contributed by atoms with Crippen molar-refractivity contribution in [3.05, 3.63) is 57.9 Å². The first-order valence-electron chi connectivity index (χ1n) is 9.21. The molecule has 0 saturated heterocycles. The van der Waals surface area contributed by atoms with Crippen LogP contribution < -0.4 is 5.56 Å². The summed E-state index contributed by atoms with van der Waals surface area (Å²) in [7, 11) is 1.84. The zero-order chi connectivity index (χ0) is 19.3. The van der Waals surface area contributed by atoms with Gasteiger partial charge >= 0.3 is 0 Å². The fourth-order valence-corrected chi connectivity index (χ4v) is 4.70. The molecule has 140 valence electrons. The van der Waals surface area contributed by atoms with Crippen LogP contribution >= 0.6 is 11.8 Å². The summed E-state index contributed by atoms with van der Waals surface area (Å²) in [5.41, 5.74) is 4.76. The minimum atomic E-state index is -0.235. The van der Waals surface area contributed by atoms with E-state index in [1.54, 1.807) is 9.08 Å². The van der Waals surface area contributed by atoms with E-state index in [4.69, 9.17) is 4.98 Å². The molecular formula is C21H24N4OS. The van der Waals surface area contributed by atoms with Crippen molar-refractivity contribution in [1.29, 1.82) is 0 Å². The second-order valence-corrected chi connectivity index (χ2v) is 8.62. The molecule has 0 N–H and O–H groups in total. The van der Waals surface area contributed by atoms with Crippen LogP contribution in [0.2, 0.25) is 0 Å². The number of rotatable bonds is 4. The molecule has 0 bridgehead atoms. The number of thioether (sulfide) groups is 1. The Bertz CT molecular complexity index is 1130. The van der Waals surface area contributed by atoms with E-state index in [9.17, 15) is 4.79 Å². The van der Waals surface area contributed by atoms with Crippen LogP contribution in [-0.4, -0.2) is 24.9 Å². The maximum atomic E-state index is 13.7. The van der Waals surface area contributed by atoms with Gasteiger partial charge in [0.2, 0.25) is 5.78 Å². The molecule has 0 radical (unpaired) electrons. The quantitative estimate of drug-likeness (QED) is 0.507. The van der Waals surface area contributed by atoms with Crippen LogP contribution in [0, 0.1) is 0 Å². The van der Waals surface area contributed by atoms with Gasteiger partial charge in [0.1, 0.15) is 0 Å². The average molecular weight is 381 g/mol. The molecule has 4 rings (SSSR count). The largest absolute Gasteiger partial charge is 0.268 e. The summed E-state index contributed by atoms with van der Waals surface area (Å²) >= 11 is 1.53. The topological polar surface area (TPSA) is 52.2 Å². The second-order valence-electron chi connectivity index (χ2n) is 7.68. The second kappa shape index (κ2) is 6.37. The molecule has 6 heteroatoms. The zero-order valence-electron chi connectivity index (χ0n) is 16.2. The normalized spacial score (nSPS) is 18.4. The number of aryl methyl sites for hydroxylation is 1. The summed E-state index contributed by atoms with van der Waals surface area (Å²) < 4.78 is 3.37. The van der Waals surface area contributed by atoms with Gasteiger partial charge < -0.3 is 0 Å². The minimum absolute atomic E-state index is 0.00571. The number of nitrogens with zero attached hydrogens (tertiary/aromatic N) is 4. The molecule has 1 aliphatic rings. The standard InChI is InChI=1S/C21H24N4OS/c1-6-21(4)11-14-9-7-8-10-15(14)17-16(21)18(26)25-19(22-17)24(5)23-20(25)27-12-13(2)3/h7-10H,2,6,11-12H2,1,3-5H3. The van der Waals surface area contributed by atoms with Crippen LogP contribution in [0.25, 0.3) is 17.0 Å². The van der Waals surface area contributed by atoms with Crippen molar-refractivity contribution >= 4 is 17.5 Å². The minimum Gasteiger partial charge on any atom is -0.268 e. The lowest BCUT2D eigenvalue weighted by Crippen LogP contribution is -2.37. The summed E-state index contributed by atoms with van der Waals surface area (Å²) in [6.07, 6.45) is 1.73. The SMILES string of the molecule is C=C(C)CSc1nn(C)c2nc3c(c(=O)n12)C(C)(CC)Cc1ccccc1-3. The van der Waals surface area contributed by atoms with Gasteiger partial charge in [0.05, 0.1) is 11.3 Å². The molecule has 0 amide bonds. The molecule has 0 aliphatic heterocycles. The lowest BCUT2D eigenvalue weighted by atomic mass is 9.69. The van der Waals surface area contributed by atoms with Crippen molar-refractivity contribution in [3.8, 4) is 11.3 Å². The first-order valence-corrected chi connectivity index (χ1v) is 10.2. The lowest BCUT2D eigenvalue weighted by Gasteiger charge is -2.34. The highest BCUT2D eigenvalue weighted by Crippen LogP contribution is 2.42. The highest BCUT2D eigenvalue weighted by molar-refractivity contribution is 7.99. The Kier molecular flexibility index (Phi) is 4.26. The van der Waals surface area contributed by atoms with E-state index in [1.165, 1.54) is 17.3 Å². The van der Waals surface area contributed by atoms with Crippen LogP contribution in [0.3, 0.4) is 0 Å². The van der Waals surface area contributed by atoms with E-state index in [1.807, 2.05) is 20.0 Å². The summed E-state index contributed by atoms with van der Waals surface area (Å²) in [5, 5.41) is 5.24. The third-order valence-corrected chi connectivity index (χ3v) is 6.63. The Labute approximate surface area is 163 Å². The predicted octanol–water partition coefficient (Wildman–Crippen LogP) is 3.99. The molecule has 1 aromatic carbocycles. The third-order valence-electron chi connectivity index (χ3n) is 5.47. The van der Waals surface area contributed by atoms with E-state index < -0.39 is 0 Å². The monoisotopic (exact) mass is 380 g/mol. The Morgan fingerprint density at radius 2 is 2.11 bits per heavy atom. The maximum absolute atomic E-state index is 13.7. The molecule has 1 unspecified atom stereocenters. The first kappa shape index (κ1) is 18.0. The van der Waals surface area contributed by atoms with Crippen LogP contribution in [0.4, 0.5) is 0 Å². The van der Waals surface area contributed by atoms with E-state index in [0.29, 0.717) is 10.9 Å². The third kappa shape index (κ3) is 2.74. The van der Waals surface area contributed by atoms with Crippen molar-refractivity contribution < 1.29 is 0 Å². The van der Waals surface area contributed by atoms with Gasteiger partial charge in [-0.15, -0.1) is 5.10 Å². The van der Waals surface area contributed by atoms with Crippen LogP contribution in [-0.2, 0) is 18.9 Å². The zero-order valence-corrected chi connectivity index (χ0v) is 17.1. The van der Waals surface area contributed by atoms with Crippen LogP contribution in [0.1, 0.15) is 38.3 Å². The molecular weight excluding hydrogens is 356 g/mol. The predicted molar refractivity (Wildman–Crippen MR) is 111 cm³/mol. The van der Waals surface area contributed by atoms with E-state index >= 15 is 0 Å². The maximum Gasteiger partial charge on any atom is 0.265 e. The smallest absolute Gasteiger partial charge is 0.265 e. The van der Waals surface area contributed by atoms with Gasteiger partial charge in [-0.05, 0) is 25.3 Å². The summed E-state index contributed by atoms with van der Waals surface area (Å²) in [6, 6.07) is 8.28. The summed E-state index contributed by atoms with van der Waals surface area (Å²) in [6.45, 7) is 10.3. The van der Waals surface area contributed by atoms with E-state index in [2.05, 4.69) is 43.7 Å². The molecule has 27 heavy (non-hydrogen) atoms. The first-order chi connectivity index (χ1) is 12.9. The molecule has 1 atom stereocenters. The van der Waals surface area contributed by atoms with Crippen molar-refractivity contribution in [1.82, 2.24) is 19.2 Å². The van der Waals surface area contributed by atoms with Gasteiger partial charge in [0.15, 0.2) is 5.16 Å². The van der Waals surface area contributed by atoms with Crippen molar-refractivity contribution in [2.45, 2.75) is 44.2 Å². The van der Waals surface area contributed by atoms with E-state index in [0.717, 1.165) is 41.0 Å². The molecule has 0 fully saturated rings. The van der Waals surface area contributed by atoms with Crippen molar-refractivity contribution in [3.63, 3.8) is 0 Å². The Morgan fingerprint density at radius 1 is 1.37 bits per heavy atom. The van der Waals surface area contributed by atoms with Gasteiger partial charge in [-0.2, -0.15) is 0 Å². The molecule has 2 heterocycles. The van der Waals surface area contributed by atoms with Crippen LogP contribution in [0.15, 0.2) is 46.4 Å². The Hall–Kier alpha value is -2.34. The summed E-state index contributed by atoms with van der Waals surface area (Å²) in [4.78, 5) is 18.6. The van der Waals surface area contributed by atoms with Crippen molar-refractivity contribution in [2.75, 3.05) is 5.75 Å². The fraction of sp³-hybridized carbons (Fsp3) is 0.381. The van der Waals surface area contributed by atoms with Crippen LogP contribution in [0.5, 0.6) is 0 Å². The highest BCUT2D eigenvalue weighted by Gasteiger charge is 2.38. The molecule has 2 aromatic heterocycles. The van der Waals surface area contributed by atoms with Gasteiger partial charge in [-0.25, -0.2) is 14.1 Å². The summed E-state index contributed by atoms with van der Waals surface area (Å²) in [5.74, 6) is 1.31. The molecule has 3 aromatic rings. The number of hydrogen-bond donors (Lipinski definition) is 0. The number of hydrogen-bond acceptors (Lipinski definition) is 4. The molecule has 5 nitrogen and oxygen atoms in total. The number of fused-ring (bicyclic) bond motifs is 4. The Morgan fingerprint density at radius 3 is 2.81 bits per heavy atom. The number of benzene rings is 1.